The van der Waals surface area contributed by atoms with E-state index in [0.29, 0.717) is 21.9 Å². The van der Waals surface area contributed by atoms with Crippen LogP contribution in [0.15, 0.2) is 40.4 Å². The highest BCUT2D eigenvalue weighted by Crippen LogP contribution is 2.20. The fraction of sp³-hybridized carbons (Fsp3) is 0.333. The fourth-order valence-electron chi connectivity index (χ4n) is 3.24. The molecule has 4 rings (SSSR count). The third-order valence-corrected chi connectivity index (χ3v) is 5.62. The summed E-state index contributed by atoms with van der Waals surface area (Å²) >= 11 is 1.18. The number of nitrogens with zero attached hydrogens (tertiary/aromatic N) is 5. The third-order valence-electron chi connectivity index (χ3n) is 4.76. The number of hydrogen-bond donors (Lipinski definition) is 1. The van der Waals surface area contributed by atoms with E-state index in [2.05, 4.69) is 15.1 Å². The molecule has 10 nitrogen and oxygen atoms in total. The summed E-state index contributed by atoms with van der Waals surface area (Å²) in [6.07, 6.45) is 4.59. The first-order valence-corrected chi connectivity index (χ1v) is 10.1. The van der Waals surface area contributed by atoms with Crippen LogP contribution in [0.3, 0.4) is 0 Å². The van der Waals surface area contributed by atoms with Crippen LogP contribution < -0.4 is 5.56 Å². The molecule has 0 atom stereocenters. The Labute approximate surface area is 169 Å². The van der Waals surface area contributed by atoms with Gasteiger partial charge in [0.15, 0.2) is 10.8 Å². The highest BCUT2D eigenvalue weighted by atomic mass is 32.2. The van der Waals surface area contributed by atoms with E-state index in [1.54, 1.807) is 12.1 Å². The number of fused-ring (bicyclic) bond motifs is 1. The number of H-pyrrole nitrogens is 1. The van der Waals surface area contributed by atoms with Crippen LogP contribution >= 0.6 is 11.8 Å². The van der Waals surface area contributed by atoms with E-state index in [0.717, 1.165) is 32.4 Å². The summed E-state index contributed by atoms with van der Waals surface area (Å²) in [6.45, 7) is 1.55. The number of amides is 1. The standard InChI is InChI=1S/C18H18N6O4S/c25-15(22-8-2-1-3-9-22)11-29-18-20-16-14(17(26)21-18)10-19-23(16)12-4-6-13(7-5-12)24(27)28/h4-7,10H,1-3,8-9,11H2,(H,20,21,26). The molecule has 3 heterocycles. The number of piperidine rings is 1. The number of likely N-dealkylation sites (tertiary alicyclic amines) is 1. The van der Waals surface area contributed by atoms with Crippen molar-refractivity contribution in [1.82, 2.24) is 24.6 Å². The zero-order valence-corrected chi connectivity index (χ0v) is 16.2. The number of aromatic nitrogens is 4. The average Bonchev–Trinajstić information content (AvgIpc) is 3.17. The van der Waals surface area contributed by atoms with Crippen LogP contribution in [0.2, 0.25) is 0 Å². The number of carbonyl (C=O) groups excluding carboxylic acids is 1. The maximum Gasteiger partial charge on any atom is 0.269 e. The van der Waals surface area contributed by atoms with Crippen molar-refractivity contribution < 1.29 is 9.72 Å². The lowest BCUT2D eigenvalue weighted by Crippen LogP contribution is -2.36. The molecule has 0 aliphatic carbocycles. The van der Waals surface area contributed by atoms with Gasteiger partial charge in [-0.3, -0.25) is 19.7 Å². The monoisotopic (exact) mass is 414 g/mol. The van der Waals surface area contributed by atoms with Crippen molar-refractivity contribution in [2.24, 2.45) is 0 Å². The Morgan fingerprint density at radius 1 is 1.21 bits per heavy atom. The smallest absolute Gasteiger partial charge is 0.269 e. The second-order valence-corrected chi connectivity index (χ2v) is 7.63. The molecule has 3 aromatic rings. The maximum absolute atomic E-state index is 12.4. The van der Waals surface area contributed by atoms with Gasteiger partial charge in [0.2, 0.25) is 5.91 Å². The van der Waals surface area contributed by atoms with E-state index < -0.39 is 4.92 Å². The molecule has 0 bridgehead atoms. The molecular formula is C18H18N6O4S. The molecule has 0 spiro atoms. The second-order valence-electron chi connectivity index (χ2n) is 6.67. The van der Waals surface area contributed by atoms with Crippen LogP contribution in [0.5, 0.6) is 0 Å². The van der Waals surface area contributed by atoms with E-state index in [1.807, 2.05) is 4.90 Å². The molecule has 1 aliphatic rings. The predicted molar refractivity (Wildman–Crippen MR) is 107 cm³/mol. The van der Waals surface area contributed by atoms with Gasteiger partial charge in [-0.25, -0.2) is 9.67 Å². The molecule has 0 unspecified atom stereocenters. The fourth-order valence-corrected chi connectivity index (χ4v) is 3.99. The van der Waals surface area contributed by atoms with Gasteiger partial charge in [-0.15, -0.1) is 0 Å². The summed E-state index contributed by atoms with van der Waals surface area (Å²) in [5.41, 5.74) is 0.485. The van der Waals surface area contributed by atoms with Gasteiger partial charge in [-0.05, 0) is 31.4 Å². The Balaban J connectivity index is 1.58. The first kappa shape index (κ1) is 19.1. The van der Waals surface area contributed by atoms with E-state index in [-0.39, 0.29) is 22.9 Å². The number of non-ortho nitro benzene ring substituents is 1. The SMILES string of the molecule is O=C(CSc1nc2c(cnn2-c2ccc([N+](=O)[O-])cc2)c(=O)[nH]1)N1CCCCC1. The summed E-state index contributed by atoms with van der Waals surface area (Å²) in [4.78, 5) is 44.1. The number of thioether (sulfide) groups is 1. The minimum atomic E-state index is -0.484. The van der Waals surface area contributed by atoms with Crippen molar-refractivity contribution in [2.45, 2.75) is 24.4 Å². The van der Waals surface area contributed by atoms with Gasteiger partial charge in [0.05, 0.1) is 22.6 Å². The number of nitro groups is 1. The molecule has 1 aromatic carbocycles. The zero-order valence-electron chi connectivity index (χ0n) is 15.4. The number of nitrogens with one attached hydrogen (secondary N) is 1. The number of rotatable bonds is 5. The van der Waals surface area contributed by atoms with Crippen LogP contribution in [-0.4, -0.2) is 54.3 Å². The number of nitro benzene ring substituents is 1. The summed E-state index contributed by atoms with van der Waals surface area (Å²) < 4.78 is 1.45. The van der Waals surface area contributed by atoms with Gasteiger partial charge < -0.3 is 9.88 Å². The zero-order chi connectivity index (χ0) is 20.4. The molecule has 1 saturated heterocycles. The Bertz CT molecular complexity index is 1120. The van der Waals surface area contributed by atoms with E-state index in [4.69, 9.17) is 0 Å². The van der Waals surface area contributed by atoms with Gasteiger partial charge in [-0.1, -0.05) is 11.8 Å². The number of carbonyl (C=O) groups is 1. The first-order chi connectivity index (χ1) is 14.0. The highest BCUT2D eigenvalue weighted by molar-refractivity contribution is 7.99. The Hall–Kier alpha value is -3.21. The molecule has 0 radical (unpaired) electrons. The lowest BCUT2D eigenvalue weighted by molar-refractivity contribution is -0.384. The summed E-state index contributed by atoms with van der Waals surface area (Å²) in [5, 5.41) is 15.7. The Morgan fingerprint density at radius 2 is 1.93 bits per heavy atom. The molecule has 1 fully saturated rings. The van der Waals surface area contributed by atoms with E-state index in [9.17, 15) is 19.7 Å². The lowest BCUT2D eigenvalue weighted by Gasteiger charge is -2.26. The number of benzene rings is 1. The molecule has 0 saturated carbocycles. The molecule has 2 aromatic heterocycles. The van der Waals surface area contributed by atoms with Crippen LogP contribution in [-0.2, 0) is 4.79 Å². The predicted octanol–water partition coefficient (Wildman–Crippen LogP) is 2.12. The van der Waals surface area contributed by atoms with Crippen molar-refractivity contribution in [3.63, 3.8) is 0 Å². The topological polar surface area (TPSA) is 127 Å². The minimum Gasteiger partial charge on any atom is -0.342 e. The quantitative estimate of drug-likeness (QED) is 0.293. The molecule has 150 valence electrons. The molecule has 1 amide bonds. The van der Waals surface area contributed by atoms with Crippen LogP contribution in [0.25, 0.3) is 16.7 Å². The summed E-state index contributed by atoms with van der Waals surface area (Å²) in [6, 6.07) is 5.81. The Morgan fingerprint density at radius 3 is 2.62 bits per heavy atom. The normalized spacial score (nSPS) is 14.3. The van der Waals surface area contributed by atoms with Crippen LogP contribution in [0.4, 0.5) is 5.69 Å². The van der Waals surface area contributed by atoms with E-state index in [1.165, 1.54) is 34.8 Å². The van der Waals surface area contributed by atoms with Gasteiger partial charge >= 0.3 is 0 Å². The van der Waals surface area contributed by atoms with Crippen molar-refractivity contribution in [3.05, 3.63) is 50.9 Å². The molecule has 1 N–H and O–H groups in total. The van der Waals surface area contributed by atoms with Gasteiger partial charge in [0, 0.05) is 25.2 Å². The van der Waals surface area contributed by atoms with Crippen molar-refractivity contribution in [3.8, 4) is 5.69 Å². The largest absolute Gasteiger partial charge is 0.342 e. The molecule has 29 heavy (non-hydrogen) atoms. The summed E-state index contributed by atoms with van der Waals surface area (Å²) in [7, 11) is 0. The number of hydrogen-bond acceptors (Lipinski definition) is 7. The minimum absolute atomic E-state index is 0.0290. The van der Waals surface area contributed by atoms with Crippen molar-refractivity contribution in [1.29, 1.82) is 0 Å². The number of aromatic amines is 1. The Kier molecular flexibility index (Phi) is 5.30. The second kappa shape index (κ2) is 8.03. The van der Waals surface area contributed by atoms with Crippen molar-refractivity contribution >= 4 is 34.4 Å². The lowest BCUT2D eigenvalue weighted by atomic mass is 10.1. The van der Waals surface area contributed by atoms with Gasteiger partial charge in [-0.2, -0.15) is 5.10 Å². The van der Waals surface area contributed by atoms with Crippen molar-refractivity contribution in [2.75, 3.05) is 18.8 Å². The van der Waals surface area contributed by atoms with E-state index >= 15 is 0 Å². The molecular weight excluding hydrogens is 396 g/mol. The summed E-state index contributed by atoms with van der Waals surface area (Å²) in [5.74, 6) is 0.224. The first-order valence-electron chi connectivity index (χ1n) is 9.16. The van der Waals surface area contributed by atoms with Gasteiger partial charge in [0.1, 0.15) is 5.39 Å². The average molecular weight is 414 g/mol. The molecule has 11 heteroatoms. The highest BCUT2D eigenvalue weighted by Gasteiger charge is 2.18. The van der Waals surface area contributed by atoms with Gasteiger partial charge in [0.25, 0.3) is 11.2 Å². The third kappa shape index (κ3) is 3.99. The van der Waals surface area contributed by atoms with Crippen LogP contribution in [0.1, 0.15) is 19.3 Å². The maximum atomic E-state index is 12.4. The molecule has 1 aliphatic heterocycles. The van der Waals surface area contributed by atoms with Crippen LogP contribution in [0, 0.1) is 10.1 Å².